The molecule has 138 valence electrons. The number of fused-ring (bicyclic) bond motifs is 1. The maximum Gasteiger partial charge on any atom is 0.256 e. The van der Waals surface area contributed by atoms with Crippen LogP contribution in [-0.4, -0.2) is 10.9 Å². The number of carbonyl (C=O) groups is 1. The lowest BCUT2D eigenvalue weighted by Gasteiger charge is -2.14. The minimum absolute atomic E-state index is 0.339. The average molecular weight is 388 g/mol. The largest absolute Gasteiger partial charge is 0.341 e. The van der Waals surface area contributed by atoms with Gasteiger partial charge in [0.2, 0.25) is 0 Å². The van der Waals surface area contributed by atoms with Crippen molar-refractivity contribution in [3.63, 3.8) is 0 Å². The average Bonchev–Trinajstić information content (AvgIpc) is 2.70. The van der Waals surface area contributed by atoms with Gasteiger partial charge in [-0.3, -0.25) is 4.79 Å². The first-order chi connectivity index (χ1) is 13.5. The monoisotopic (exact) mass is 388 g/mol. The molecule has 2 N–H and O–H groups in total. The Morgan fingerprint density at radius 1 is 1.00 bits per heavy atom. The second-order valence-electron chi connectivity index (χ2n) is 6.58. The van der Waals surface area contributed by atoms with Crippen LogP contribution in [0.25, 0.3) is 22.0 Å². The number of halogens is 1. The summed E-state index contributed by atoms with van der Waals surface area (Å²) in [6.07, 6.45) is 0. The van der Waals surface area contributed by atoms with Gasteiger partial charge in [0.25, 0.3) is 5.91 Å². The number of rotatable bonds is 3. The molecule has 0 bridgehead atoms. The summed E-state index contributed by atoms with van der Waals surface area (Å²) < 4.78 is 13.8. The third-order valence-corrected chi connectivity index (χ3v) is 4.99. The van der Waals surface area contributed by atoms with Crippen LogP contribution in [-0.2, 0) is 0 Å². The van der Waals surface area contributed by atoms with Gasteiger partial charge in [0.05, 0.1) is 4.51 Å². The molecule has 1 amide bonds. The van der Waals surface area contributed by atoms with Crippen molar-refractivity contribution in [3.05, 3.63) is 94.3 Å². The molecular weight excluding hydrogens is 371 g/mol. The summed E-state index contributed by atoms with van der Waals surface area (Å²) in [7, 11) is 0. The second-order valence-corrected chi connectivity index (χ2v) is 6.99. The van der Waals surface area contributed by atoms with Gasteiger partial charge in [-0.25, -0.2) is 4.39 Å². The van der Waals surface area contributed by atoms with Crippen LogP contribution in [0.5, 0.6) is 0 Å². The summed E-state index contributed by atoms with van der Waals surface area (Å²) in [6.45, 7) is 2.01. The highest BCUT2D eigenvalue weighted by atomic mass is 32.1. The first kappa shape index (κ1) is 18.1. The molecule has 0 saturated carbocycles. The van der Waals surface area contributed by atoms with Gasteiger partial charge in [0, 0.05) is 22.0 Å². The minimum atomic E-state index is -0.387. The van der Waals surface area contributed by atoms with Crippen LogP contribution in [0.2, 0.25) is 0 Å². The molecule has 4 aromatic rings. The van der Waals surface area contributed by atoms with Crippen LogP contribution >= 0.6 is 12.2 Å². The number of aromatic nitrogens is 1. The third kappa shape index (κ3) is 3.44. The Kier molecular flexibility index (Phi) is 4.75. The Balaban J connectivity index is 1.89. The number of amides is 1. The predicted molar refractivity (Wildman–Crippen MR) is 114 cm³/mol. The van der Waals surface area contributed by atoms with Gasteiger partial charge >= 0.3 is 0 Å². The van der Waals surface area contributed by atoms with Gasteiger partial charge in [0.15, 0.2) is 0 Å². The normalized spacial score (nSPS) is 10.8. The minimum Gasteiger partial charge on any atom is -0.341 e. The van der Waals surface area contributed by atoms with E-state index in [1.165, 1.54) is 24.3 Å². The number of anilines is 1. The van der Waals surface area contributed by atoms with Gasteiger partial charge in [0.1, 0.15) is 11.6 Å². The highest BCUT2D eigenvalue weighted by Crippen LogP contribution is 2.33. The smallest absolute Gasteiger partial charge is 0.256 e. The lowest BCUT2D eigenvalue weighted by molar-refractivity contribution is 0.102. The lowest BCUT2D eigenvalue weighted by atomic mass is 10.0. The van der Waals surface area contributed by atoms with Crippen LogP contribution in [0.3, 0.4) is 0 Å². The molecule has 1 heterocycles. The van der Waals surface area contributed by atoms with Crippen LogP contribution in [0.4, 0.5) is 10.2 Å². The van der Waals surface area contributed by atoms with E-state index in [0.29, 0.717) is 15.9 Å². The molecule has 0 spiro atoms. The molecule has 0 aliphatic rings. The SMILES string of the molecule is Cc1ccc2[nH]c(NC(=O)c3ccc(F)cc3)c(-c3ccccc3)c(=S)c2c1. The maximum atomic E-state index is 13.2. The van der Waals surface area contributed by atoms with E-state index < -0.39 is 0 Å². The van der Waals surface area contributed by atoms with E-state index in [2.05, 4.69) is 10.3 Å². The van der Waals surface area contributed by atoms with Crippen molar-refractivity contribution in [2.45, 2.75) is 6.92 Å². The number of hydrogen-bond donors (Lipinski definition) is 2. The number of hydrogen-bond acceptors (Lipinski definition) is 2. The van der Waals surface area contributed by atoms with E-state index in [0.717, 1.165) is 27.6 Å². The number of H-pyrrole nitrogens is 1. The standard InChI is InChI=1S/C23H17FN2OS/c1-14-7-12-19-18(13-14)21(28)20(15-5-3-2-4-6-15)22(25-19)26-23(27)16-8-10-17(24)11-9-16/h2-13H,1H3,(H2,25,26,27,28). The Bertz CT molecular complexity index is 1230. The zero-order valence-electron chi connectivity index (χ0n) is 15.1. The molecule has 3 nitrogen and oxygen atoms in total. The van der Waals surface area contributed by atoms with Crippen molar-refractivity contribution in [1.29, 1.82) is 0 Å². The summed E-state index contributed by atoms with van der Waals surface area (Å²) in [6, 6.07) is 21.1. The van der Waals surface area contributed by atoms with E-state index in [1.807, 2.05) is 55.5 Å². The summed E-state index contributed by atoms with van der Waals surface area (Å²) >= 11 is 5.79. The predicted octanol–water partition coefficient (Wildman–Crippen LogP) is 6.26. The molecule has 0 unspecified atom stereocenters. The van der Waals surface area contributed by atoms with E-state index in [4.69, 9.17) is 12.2 Å². The number of pyridine rings is 1. The maximum absolute atomic E-state index is 13.2. The van der Waals surface area contributed by atoms with Crippen LogP contribution in [0, 0.1) is 17.3 Å². The van der Waals surface area contributed by atoms with E-state index in [1.54, 1.807) is 0 Å². The molecule has 1 aromatic heterocycles. The van der Waals surface area contributed by atoms with Crippen molar-refractivity contribution in [2.75, 3.05) is 5.32 Å². The van der Waals surface area contributed by atoms with Crippen LogP contribution in [0.15, 0.2) is 72.8 Å². The quantitative estimate of drug-likeness (QED) is 0.407. The van der Waals surface area contributed by atoms with Crippen molar-refractivity contribution < 1.29 is 9.18 Å². The summed E-state index contributed by atoms with van der Waals surface area (Å²) in [4.78, 5) is 16.0. The van der Waals surface area contributed by atoms with Crippen molar-refractivity contribution in [3.8, 4) is 11.1 Å². The molecule has 28 heavy (non-hydrogen) atoms. The van der Waals surface area contributed by atoms with Gasteiger partial charge < -0.3 is 10.3 Å². The Hall–Kier alpha value is -3.31. The highest BCUT2D eigenvalue weighted by Gasteiger charge is 2.15. The lowest BCUT2D eigenvalue weighted by Crippen LogP contribution is -2.14. The van der Waals surface area contributed by atoms with Crippen LogP contribution in [0.1, 0.15) is 15.9 Å². The third-order valence-electron chi connectivity index (χ3n) is 4.56. The Labute approximate surface area is 166 Å². The molecule has 4 rings (SSSR count). The fourth-order valence-corrected chi connectivity index (χ4v) is 3.55. The zero-order valence-corrected chi connectivity index (χ0v) is 15.9. The molecule has 0 atom stereocenters. The van der Waals surface area contributed by atoms with E-state index >= 15 is 0 Å². The number of nitrogens with one attached hydrogen (secondary N) is 2. The Morgan fingerprint density at radius 2 is 1.71 bits per heavy atom. The number of aromatic amines is 1. The van der Waals surface area contributed by atoms with E-state index in [9.17, 15) is 9.18 Å². The van der Waals surface area contributed by atoms with Gasteiger partial charge in [-0.15, -0.1) is 0 Å². The van der Waals surface area contributed by atoms with Crippen LogP contribution < -0.4 is 5.32 Å². The van der Waals surface area contributed by atoms with Gasteiger partial charge in [-0.2, -0.15) is 0 Å². The zero-order chi connectivity index (χ0) is 19.7. The van der Waals surface area contributed by atoms with Gasteiger partial charge in [-0.1, -0.05) is 54.2 Å². The molecule has 0 aliphatic carbocycles. The molecule has 0 radical (unpaired) electrons. The topological polar surface area (TPSA) is 44.9 Å². The summed E-state index contributed by atoms with van der Waals surface area (Å²) in [5, 5.41) is 3.83. The fourth-order valence-electron chi connectivity index (χ4n) is 3.16. The fraction of sp³-hybridized carbons (Fsp3) is 0.0435. The number of aryl methyl sites for hydroxylation is 1. The van der Waals surface area contributed by atoms with E-state index in [-0.39, 0.29) is 11.7 Å². The van der Waals surface area contributed by atoms with Crippen molar-refractivity contribution >= 4 is 34.8 Å². The summed E-state index contributed by atoms with van der Waals surface area (Å²) in [5.41, 5.74) is 3.97. The molecule has 5 heteroatoms. The molecule has 0 aliphatic heterocycles. The molecular formula is C23H17FN2OS. The first-order valence-electron chi connectivity index (χ1n) is 8.82. The summed E-state index contributed by atoms with van der Waals surface area (Å²) in [5.74, 6) is -0.210. The number of carbonyl (C=O) groups excluding carboxylic acids is 1. The highest BCUT2D eigenvalue weighted by molar-refractivity contribution is 7.71. The molecule has 3 aromatic carbocycles. The van der Waals surface area contributed by atoms with Crippen molar-refractivity contribution in [2.24, 2.45) is 0 Å². The Morgan fingerprint density at radius 3 is 2.43 bits per heavy atom. The molecule has 0 saturated heterocycles. The number of benzene rings is 3. The first-order valence-corrected chi connectivity index (χ1v) is 9.23. The molecule has 0 fully saturated rings. The van der Waals surface area contributed by atoms with Crippen molar-refractivity contribution in [1.82, 2.24) is 4.98 Å². The second kappa shape index (κ2) is 7.37. The van der Waals surface area contributed by atoms with Gasteiger partial charge in [-0.05, 0) is 48.9 Å².